The molecule has 9 N–H and O–H groups in total. The number of nitrogens with one attached hydrogen (secondary N) is 3. The van der Waals surface area contributed by atoms with Gasteiger partial charge in [0.1, 0.15) is 18.5 Å². The molecular formula is C19H35N7O2S. The number of nitrogens with zero attached hydrogens (tertiary/aromatic N) is 1. The number of hydrogen-bond acceptors (Lipinski definition) is 9. The highest BCUT2D eigenvalue weighted by Crippen LogP contribution is 2.42. The fourth-order valence-electron chi connectivity index (χ4n) is 4.00. The Hall–Kier alpha value is -1.35. The topological polar surface area (TPSA) is 164 Å². The van der Waals surface area contributed by atoms with Gasteiger partial charge in [-0.3, -0.25) is 4.79 Å². The summed E-state index contributed by atoms with van der Waals surface area (Å²) >= 11 is 1.91. The van der Waals surface area contributed by atoms with Gasteiger partial charge in [-0.2, -0.15) is 5.26 Å². The third-order valence-corrected chi connectivity index (χ3v) is 6.90. The van der Waals surface area contributed by atoms with E-state index >= 15 is 0 Å². The second-order valence-corrected chi connectivity index (χ2v) is 9.18. The summed E-state index contributed by atoms with van der Waals surface area (Å²) in [5.74, 6) is 0.198. The van der Waals surface area contributed by atoms with Crippen molar-refractivity contribution in [3.8, 4) is 6.07 Å². The normalized spacial score (nSPS) is 30.0. The van der Waals surface area contributed by atoms with Crippen LogP contribution in [-0.2, 0) is 9.53 Å². The van der Waals surface area contributed by atoms with E-state index in [1.54, 1.807) is 6.92 Å². The summed E-state index contributed by atoms with van der Waals surface area (Å²) in [7, 11) is 1.91. The first-order valence-electron chi connectivity index (χ1n) is 10.2. The van der Waals surface area contributed by atoms with Crippen LogP contribution in [0.5, 0.6) is 0 Å². The van der Waals surface area contributed by atoms with Gasteiger partial charge in [0.2, 0.25) is 5.91 Å². The lowest BCUT2D eigenvalue weighted by Gasteiger charge is -2.32. The molecular weight excluding hydrogens is 390 g/mol. The molecule has 164 valence electrons. The molecule has 2 aliphatic rings. The number of nitrogens with two attached hydrogens (primary N) is 3. The van der Waals surface area contributed by atoms with Crippen LogP contribution in [0.25, 0.3) is 0 Å². The number of amides is 1. The SMILES string of the molecule is CN/C=C(\CN)C1CCC2NC(CC(N)OC(N)CC(=O)NC(C)C#N)SC2C1. The summed E-state index contributed by atoms with van der Waals surface area (Å²) in [6.07, 6.45) is 4.62. The molecule has 0 aromatic heterocycles. The standard InChI is InChI=1S/C19H35N7O2S/c1-11(8-20)25-18(27)6-16(22)28-17(23)7-19-26-14-4-3-12(5-15(14)29-19)13(9-21)10-24-2/h10-12,14-17,19,24,26H,3-7,9,21-23H2,1-2H3,(H,25,27)/b13-10+. The molecule has 0 aromatic carbocycles. The van der Waals surface area contributed by atoms with Crippen molar-refractivity contribution in [3.05, 3.63) is 11.8 Å². The van der Waals surface area contributed by atoms with Gasteiger partial charge in [-0.05, 0) is 43.9 Å². The summed E-state index contributed by atoms with van der Waals surface area (Å²) in [5.41, 5.74) is 19.2. The van der Waals surface area contributed by atoms with Gasteiger partial charge in [0.05, 0.1) is 17.9 Å². The number of ether oxygens (including phenoxy) is 1. The average molecular weight is 426 g/mol. The van der Waals surface area contributed by atoms with E-state index in [0.717, 1.165) is 19.3 Å². The summed E-state index contributed by atoms with van der Waals surface area (Å²) < 4.78 is 5.58. The molecule has 0 aromatic rings. The van der Waals surface area contributed by atoms with E-state index in [1.165, 1.54) is 5.57 Å². The molecule has 10 heteroatoms. The van der Waals surface area contributed by atoms with Crippen molar-refractivity contribution in [1.82, 2.24) is 16.0 Å². The van der Waals surface area contributed by atoms with Gasteiger partial charge in [-0.1, -0.05) is 0 Å². The lowest BCUT2D eigenvalue weighted by Crippen LogP contribution is -2.43. The molecule has 1 saturated heterocycles. The smallest absolute Gasteiger partial charge is 0.225 e. The fraction of sp³-hybridized carbons (Fsp3) is 0.789. The summed E-state index contributed by atoms with van der Waals surface area (Å²) in [6.45, 7) is 2.19. The fourth-order valence-corrected chi connectivity index (χ4v) is 5.73. The molecule has 0 radical (unpaired) electrons. The van der Waals surface area contributed by atoms with E-state index in [1.807, 2.05) is 31.1 Å². The number of thioether (sulfide) groups is 1. The molecule has 2 fully saturated rings. The average Bonchev–Trinajstić information content (AvgIpc) is 3.06. The molecule has 1 heterocycles. The number of nitriles is 1. The van der Waals surface area contributed by atoms with Crippen molar-refractivity contribution in [1.29, 1.82) is 5.26 Å². The van der Waals surface area contributed by atoms with Crippen molar-refractivity contribution in [3.63, 3.8) is 0 Å². The zero-order valence-electron chi connectivity index (χ0n) is 17.3. The third kappa shape index (κ3) is 7.44. The molecule has 7 unspecified atom stereocenters. The molecule has 1 saturated carbocycles. The minimum absolute atomic E-state index is 0.0302. The molecule has 9 nitrogen and oxygen atoms in total. The minimum atomic E-state index is -0.798. The predicted octanol–water partition coefficient (Wildman–Crippen LogP) is -0.357. The number of carbonyl (C=O) groups is 1. The van der Waals surface area contributed by atoms with Crippen molar-refractivity contribution < 1.29 is 9.53 Å². The minimum Gasteiger partial charge on any atom is -0.394 e. The zero-order chi connectivity index (χ0) is 21.4. The molecule has 7 atom stereocenters. The first-order chi connectivity index (χ1) is 13.9. The first kappa shape index (κ1) is 23.9. The Morgan fingerprint density at radius 2 is 2.17 bits per heavy atom. The Morgan fingerprint density at radius 3 is 2.83 bits per heavy atom. The van der Waals surface area contributed by atoms with Gasteiger partial charge in [0.25, 0.3) is 0 Å². The lowest BCUT2D eigenvalue weighted by atomic mass is 9.81. The Kier molecular flexibility index (Phi) is 9.68. The van der Waals surface area contributed by atoms with Crippen molar-refractivity contribution in [2.45, 2.75) is 74.2 Å². The summed E-state index contributed by atoms with van der Waals surface area (Å²) in [5, 5.41) is 18.8. The Bertz CT molecular complexity index is 612. The molecule has 0 bridgehead atoms. The third-order valence-electron chi connectivity index (χ3n) is 5.37. The summed E-state index contributed by atoms with van der Waals surface area (Å²) in [6, 6.07) is 1.86. The van der Waals surface area contributed by atoms with Gasteiger partial charge >= 0.3 is 0 Å². The number of fused-ring (bicyclic) bond motifs is 1. The lowest BCUT2D eigenvalue weighted by molar-refractivity contribution is -0.125. The number of hydrogen-bond donors (Lipinski definition) is 6. The van der Waals surface area contributed by atoms with E-state index in [-0.39, 0.29) is 17.7 Å². The molecule has 0 spiro atoms. The second-order valence-electron chi connectivity index (χ2n) is 7.73. The van der Waals surface area contributed by atoms with Gasteiger partial charge in [-0.15, -0.1) is 11.8 Å². The van der Waals surface area contributed by atoms with E-state index in [4.69, 9.17) is 27.2 Å². The predicted molar refractivity (Wildman–Crippen MR) is 115 cm³/mol. The maximum atomic E-state index is 11.8. The van der Waals surface area contributed by atoms with Gasteiger partial charge in [-0.25, -0.2) is 0 Å². The molecule has 1 aliphatic heterocycles. The van der Waals surface area contributed by atoms with Crippen LogP contribution < -0.4 is 33.2 Å². The Balaban J connectivity index is 1.76. The van der Waals surface area contributed by atoms with Crippen molar-refractivity contribution >= 4 is 17.7 Å². The van der Waals surface area contributed by atoms with Gasteiger partial charge in [0.15, 0.2) is 0 Å². The van der Waals surface area contributed by atoms with Crippen LogP contribution in [0.2, 0.25) is 0 Å². The zero-order valence-corrected chi connectivity index (χ0v) is 18.1. The highest BCUT2D eigenvalue weighted by atomic mass is 32.2. The van der Waals surface area contributed by atoms with E-state index in [2.05, 4.69) is 16.0 Å². The monoisotopic (exact) mass is 425 g/mol. The highest BCUT2D eigenvalue weighted by molar-refractivity contribution is 8.00. The van der Waals surface area contributed by atoms with Crippen LogP contribution in [0, 0.1) is 17.2 Å². The van der Waals surface area contributed by atoms with Crippen molar-refractivity contribution in [2.75, 3.05) is 13.6 Å². The van der Waals surface area contributed by atoms with E-state index in [0.29, 0.717) is 30.2 Å². The second kappa shape index (κ2) is 11.7. The molecule has 1 amide bonds. The Morgan fingerprint density at radius 1 is 1.41 bits per heavy atom. The number of carbonyl (C=O) groups excluding carboxylic acids is 1. The molecule has 29 heavy (non-hydrogen) atoms. The van der Waals surface area contributed by atoms with Crippen molar-refractivity contribution in [2.24, 2.45) is 23.1 Å². The summed E-state index contributed by atoms with van der Waals surface area (Å²) in [4.78, 5) is 11.8. The highest BCUT2D eigenvalue weighted by Gasteiger charge is 2.40. The van der Waals surface area contributed by atoms with Crippen LogP contribution in [0.4, 0.5) is 0 Å². The van der Waals surface area contributed by atoms with Crippen LogP contribution in [-0.4, -0.2) is 54.7 Å². The number of rotatable bonds is 10. The van der Waals surface area contributed by atoms with Crippen LogP contribution in [0.15, 0.2) is 11.8 Å². The van der Waals surface area contributed by atoms with Crippen LogP contribution in [0.3, 0.4) is 0 Å². The van der Waals surface area contributed by atoms with Crippen LogP contribution in [0.1, 0.15) is 39.0 Å². The Labute approximate surface area is 177 Å². The maximum Gasteiger partial charge on any atom is 0.225 e. The van der Waals surface area contributed by atoms with Gasteiger partial charge < -0.3 is 37.9 Å². The van der Waals surface area contributed by atoms with Gasteiger partial charge in [0, 0.05) is 31.3 Å². The largest absolute Gasteiger partial charge is 0.394 e. The molecule has 2 rings (SSSR count). The maximum absolute atomic E-state index is 11.8. The van der Waals surface area contributed by atoms with E-state index < -0.39 is 18.5 Å². The molecule has 1 aliphatic carbocycles. The quantitative estimate of drug-likeness (QED) is 0.256. The first-order valence-corrected chi connectivity index (χ1v) is 11.1. The van der Waals surface area contributed by atoms with Crippen LogP contribution >= 0.6 is 11.8 Å². The van der Waals surface area contributed by atoms with E-state index in [9.17, 15) is 4.79 Å².